The van der Waals surface area contributed by atoms with Crippen LogP contribution in [0.5, 0.6) is 0 Å². The van der Waals surface area contributed by atoms with E-state index in [0.29, 0.717) is 5.92 Å². The van der Waals surface area contributed by atoms with Crippen LogP contribution in [0.25, 0.3) is 0 Å². The van der Waals surface area contributed by atoms with Gasteiger partial charge >= 0.3 is 0 Å². The van der Waals surface area contributed by atoms with Crippen molar-refractivity contribution in [1.29, 1.82) is 0 Å². The predicted molar refractivity (Wildman–Crippen MR) is 120 cm³/mol. The summed E-state index contributed by atoms with van der Waals surface area (Å²) in [5, 5.41) is 0. The Hall–Kier alpha value is -2.09. The molecule has 4 aliphatic rings. The van der Waals surface area contributed by atoms with Crippen molar-refractivity contribution >= 4 is 11.6 Å². The summed E-state index contributed by atoms with van der Waals surface area (Å²) in [5.41, 5.74) is 3.96. The zero-order chi connectivity index (χ0) is 20.0. The molecule has 2 heterocycles. The van der Waals surface area contributed by atoms with Crippen LogP contribution in [0.2, 0.25) is 0 Å². The van der Waals surface area contributed by atoms with E-state index >= 15 is 0 Å². The summed E-state index contributed by atoms with van der Waals surface area (Å²) in [5.74, 6) is 0.468. The molecule has 2 heteroatoms. The van der Waals surface area contributed by atoms with Crippen LogP contribution in [-0.2, 0) is 15.9 Å². The fourth-order valence-electron chi connectivity index (χ4n) is 7.82. The molecule has 3 aromatic rings. The molecule has 0 N–H and O–H groups in total. The molecule has 0 radical (unpaired) electrons. The normalized spacial score (nSPS) is 40.2. The molecule has 0 amide bonds. The molecule has 2 aliphatic carbocycles. The molecule has 5 atom stereocenters. The molecule has 3 fully saturated rings. The van der Waals surface area contributed by atoms with Gasteiger partial charge in [-0.1, -0.05) is 104 Å². The van der Waals surface area contributed by atoms with Gasteiger partial charge in [0.2, 0.25) is 0 Å². The molecule has 150 valence electrons. The monoisotopic (exact) mass is 412 g/mol. The molecule has 2 aliphatic heterocycles. The lowest BCUT2D eigenvalue weighted by Gasteiger charge is -2.38. The molecule has 3 unspecified atom stereocenters. The largest absolute Gasteiger partial charge is 0.347 e. The summed E-state index contributed by atoms with van der Waals surface area (Å²) in [7, 11) is 0. The third-order valence-corrected chi connectivity index (χ3v) is 9.56. The average Bonchev–Trinajstić information content (AvgIpc) is 3.22. The summed E-state index contributed by atoms with van der Waals surface area (Å²) >= 11 is 7.91. The van der Waals surface area contributed by atoms with Gasteiger partial charge in [-0.3, -0.25) is 0 Å². The lowest BCUT2D eigenvalue weighted by molar-refractivity contribution is -0.0967. The summed E-state index contributed by atoms with van der Waals surface area (Å²) < 4.78 is 7.44. The lowest BCUT2D eigenvalue weighted by atomic mass is 9.64. The van der Waals surface area contributed by atoms with Crippen molar-refractivity contribution in [1.82, 2.24) is 0 Å². The fourth-order valence-corrected chi connectivity index (χ4v) is 8.67. The van der Waals surface area contributed by atoms with Crippen LogP contribution in [0.3, 0.4) is 0 Å². The van der Waals surface area contributed by atoms with Crippen molar-refractivity contribution < 1.29 is 4.74 Å². The van der Waals surface area contributed by atoms with Crippen LogP contribution in [0, 0.1) is 11.3 Å². The molecule has 1 spiro atoms. The highest BCUT2D eigenvalue weighted by molar-refractivity contribution is 6.29. The Morgan fingerprint density at radius 1 is 0.667 bits per heavy atom. The maximum atomic E-state index is 7.91. The van der Waals surface area contributed by atoms with E-state index in [9.17, 15) is 0 Å². The van der Waals surface area contributed by atoms with Gasteiger partial charge in [-0.05, 0) is 41.0 Å². The van der Waals surface area contributed by atoms with Crippen LogP contribution in [0.4, 0.5) is 0 Å². The highest BCUT2D eigenvalue weighted by atomic mass is 35.5. The van der Waals surface area contributed by atoms with Gasteiger partial charge in [0.05, 0.1) is 4.87 Å². The van der Waals surface area contributed by atoms with E-state index in [1.807, 2.05) is 0 Å². The Bertz CT molecular complexity index is 1140. The summed E-state index contributed by atoms with van der Waals surface area (Å²) in [6.07, 6.45) is 6.14. The topological polar surface area (TPSA) is 9.23 Å². The van der Waals surface area contributed by atoms with Crippen LogP contribution in [0.15, 0.2) is 84.9 Å². The molecule has 3 aromatic carbocycles. The number of halogens is 1. The van der Waals surface area contributed by atoms with E-state index in [-0.39, 0.29) is 5.41 Å². The van der Waals surface area contributed by atoms with E-state index in [2.05, 4.69) is 84.9 Å². The Labute approximate surface area is 183 Å². The van der Waals surface area contributed by atoms with Crippen molar-refractivity contribution in [3.63, 3.8) is 0 Å². The van der Waals surface area contributed by atoms with E-state index < -0.39 is 16.1 Å². The maximum absolute atomic E-state index is 7.91. The van der Waals surface area contributed by atoms with Gasteiger partial charge in [-0.25, -0.2) is 0 Å². The lowest BCUT2D eigenvalue weighted by Crippen LogP contribution is -2.41. The number of hydrogen-bond acceptors (Lipinski definition) is 1. The molecule has 0 aromatic heterocycles. The molecule has 2 bridgehead atoms. The Morgan fingerprint density at radius 3 is 1.90 bits per heavy atom. The first-order valence-electron chi connectivity index (χ1n) is 11.3. The summed E-state index contributed by atoms with van der Waals surface area (Å²) in [4.78, 5) is -0.397. The zero-order valence-electron chi connectivity index (χ0n) is 17.0. The molecule has 2 saturated carbocycles. The third kappa shape index (κ3) is 1.58. The quantitative estimate of drug-likeness (QED) is 0.422. The SMILES string of the molecule is ClC12C3CCCCCC31[C@]1(c3ccccc3)O[C@@]2(c2ccccc2)c2ccccc21. The van der Waals surface area contributed by atoms with Crippen molar-refractivity contribution in [2.75, 3.05) is 0 Å². The summed E-state index contributed by atoms with van der Waals surface area (Å²) in [6, 6.07) is 30.6. The number of alkyl halides is 1. The molecule has 1 saturated heterocycles. The third-order valence-electron chi connectivity index (χ3n) is 8.70. The first-order chi connectivity index (χ1) is 14.7. The molecular weight excluding hydrogens is 388 g/mol. The highest BCUT2D eigenvalue weighted by Gasteiger charge is 2.97. The van der Waals surface area contributed by atoms with Gasteiger partial charge in [0.25, 0.3) is 0 Å². The number of hydrogen-bond donors (Lipinski definition) is 0. The molecule has 1 nitrogen and oxygen atoms in total. The summed E-state index contributed by atoms with van der Waals surface area (Å²) in [6.45, 7) is 0. The van der Waals surface area contributed by atoms with Crippen LogP contribution in [-0.4, -0.2) is 4.87 Å². The Balaban J connectivity index is 1.63. The van der Waals surface area contributed by atoms with Crippen molar-refractivity contribution in [2.45, 2.75) is 48.2 Å². The van der Waals surface area contributed by atoms with Crippen LogP contribution >= 0.6 is 11.6 Å². The zero-order valence-corrected chi connectivity index (χ0v) is 17.7. The van der Waals surface area contributed by atoms with Gasteiger partial charge in [0, 0.05) is 5.41 Å². The van der Waals surface area contributed by atoms with Gasteiger partial charge in [0.15, 0.2) is 0 Å². The minimum Gasteiger partial charge on any atom is -0.347 e. The second-order valence-corrected chi connectivity index (χ2v) is 10.2. The first-order valence-corrected chi connectivity index (χ1v) is 11.7. The minimum atomic E-state index is -0.593. The number of ether oxygens (including phenoxy) is 1. The van der Waals surface area contributed by atoms with Crippen molar-refractivity contribution in [2.24, 2.45) is 11.3 Å². The minimum absolute atomic E-state index is 0.0520. The average molecular weight is 413 g/mol. The fraction of sp³-hybridized carbons (Fsp3) is 0.357. The molecule has 7 rings (SSSR count). The van der Waals surface area contributed by atoms with E-state index in [4.69, 9.17) is 16.3 Å². The molecular formula is C28H25ClO. The molecule has 30 heavy (non-hydrogen) atoms. The van der Waals surface area contributed by atoms with Gasteiger partial charge in [-0.15, -0.1) is 11.6 Å². The highest BCUT2D eigenvalue weighted by Crippen LogP contribution is 2.93. The van der Waals surface area contributed by atoms with Crippen LogP contribution < -0.4 is 0 Å². The van der Waals surface area contributed by atoms with Crippen molar-refractivity contribution in [3.8, 4) is 0 Å². The van der Waals surface area contributed by atoms with E-state index in [0.717, 1.165) is 6.42 Å². The maximum Gasteiger partial charge on any atom is 0.140 e. The van der Waals surface area contributed by atoms with E-state index in [1.165, 1.54) is 47.9 Å². The number of rotatable bonds is 2. The first kappa shape index (κ1) is 17.6. The number of fused-ring (bicyclic) bond motifs is 7. The number of benzene rings is 3. The Kier molecular flexibility index (Phi) is 3.27. The van der Waals surface area contributed by atoms with Gasteiger partial charge < -0.3 is 4.74 Å². The Morgan fingerprint density at radius 2 is 1.23 bits per heavy atom. The standard InChI is InChI=1S/C28H25ClO/c29-28-24-18-8-3-11-19-25(24,28)26(20-12-4-1-5-13-20)22-16-9-10-17-23(22)27(28,30-26)21-14-6-2-7-15-21/h1-2,4-7,9-10,12-17,24H,3,8,11,18-19H2/t24?,25?,26-,27+,28?/m1/s1. The van der Waals surface area contributed by atoms with Gasteiger partial charge in [-0.2, -0.15) is 0 Å². The smallest absolute Gasteiger partial charge is 0.140 e. The van der Waals surface area contributed by atoms with E-state index in [1.54, 1.807) is 0 Å². The van der Waals surface area contributed by atoms with Crippen molar-refractivity contribution in [3.05, 3.63) is 107 Å². The second-order valence-electron chi connectivity index (χ2n) is 9.58. The van der Waals surface area contributed by atoms with Crippen LogP contribution in [0.1, 0.15) is 54.4 Å². The predicted octanol–water partition coefficient (Wildman–Crippen LogP) is 6.78. The van der Waals surface area contributed by atoms with Gasteiger partial charge in [0.1, 0.15) is 11.2 Å². The second kappa shape index (κ2) is 5.58.